The minimum Gasteiger partial charge on any atom is -0.424 e. The van der Waals surface area contributed by atoms with Gasteiger partial charge in [0, 0.05) is 7.11 Å². The van der Waals surface area contributed by atoms with Crippen LogP contribution in [0.4, 0.5) is 4.79 Å². The molecule has 0 bridgehead atoms. The molecule has 8 rings (SSSR count). The van der Waals surface area contributed by atoms with Crippen molar-refractivity contribution < 1.29 is 56.9 Å². The van der Waals surface area contributed by atoms with E-state index in [4.69, 9.17) is 52.1 Å². The van der Waals surface area contributed by atoms with Crippen molar-refractivity contribution in [3.05, 3.63) is 179 Å². The molecule has 0 spiro atoms. The molecule has 0 unspecified atom stereocenters. The Labute approximate surface area is 356 Å². The van der Waals surface area contributed by atoms with Crippen LogP contribution >= 0.6 is 0 Å². The highest BCUT2D eigenvalue weighted by Gasteiger charge is 2.56. The van der Waals surface area contributed by atoms with Crippen LogP contribution in [0.5, 0.6) is 0 Å². The van der Waals surface area contributed by atoms with Crippen molar-refractivity contribution in [2.24, 2.45) is 0 Å². The number of methoxy groups -OCH3 is 1. The van der Waals surface area contributed by atoms with E-state index in [0.717, 1.165) is 27.8 Å². The number of rotatable bonds is 20. The first kappa shape index (κ1) is 42.7. The summed E-state index contributed by atoms with van der Waals surface area (Å²) in [6, 6.07) is 49.3. The summed E-state index contributed by atoms with van der Waals surface area (Å²) in [5.74, 6) is 0. The Morgan fingerprint density at radius 2 is 0.803 bits per heavy atom. The zero-order valence-corrected chi connectivity index (χ0v) is 34.1. The molecule has 0 radical (unpaired) electrons. The Bertz CT molecular complexity index is 2030. The van der Waals surface area contributed by atoms with Gasteiger partial charge in [-0.25, -0.2) is 4.79 Å². The number of carbonyl (C=O) groups excluding carboxylic acids is 1. The maximum atomic E-state index is 12.8. The molecule has 3 fully saturated rings. The molecule has 12 heteroatoms. The summed E-state index contributed by atoms with van der Waals surface area (Å²) >= 11 is 0. The van der Waals surface area contributed by atoms with Crippen molar-refractivity contribution in [2.45, 2.75) is 94.4 Å². The van der Waals surface area contributed by atoms with Crippen molar-refractivity contribution in [3.63, 3.8) is 0 Å². The van der Waals surface area contributed by atoms with Crippen molar-refractivity contribution in [1.82, 2.24) is 0 Å². The summed E-state index contributed by atoms with van der Waals surface area (Å²) < 4.78 is 70.1. The normalized spacial score (nSPS) is 27.2. The van der Waals surface area contributed by atoms with Crippen LogP contribution in [0.25, 0.3) is 0 Å². The molecule has 0 N–H and O–H groups in total. The first-order valence-electron chi connectivity index (χ1n) is 20.7. The largest absolute Gasteiger partial charge is 0.509 e. The van der Waals surface area contributed by atoms with E-state index in [2.05, 4.69) is 0 Å². The van der Waals surface area contributed by atoms with Gasteiger partial charge in [-0.05, 0) is 27.8 Å². The third kappa shape index (κ3) is 11.5. The van der Waals surface area contributed by atoms with Gasteiger partial charge in [-0.15, -0.1) is 0 Å². The van der Waals surface area contributed by atoms with E-state index in [0.29, 0.717) is 6.61 Å². The van der Waals surface area contributed by atoms with Gasteiger partial charge >= 0.3 is 6.16 Å². The van der Waals surface area contributed by atoms with Gasteiger partial charge in [-0.2, -0.15) is 0 Å². The van der Waals surface area contributed by atoms with Crippen molar-refractivity contribution in [1.29, 1.82) is 0 Å². The lowest BCUT2D eigenvalue weighted by molar-refractivity contribution is -0.338. The SMILES string of the molecule is CO[C@H]1O[C@H](CO[C@@H]2O[C@H](COCc3ccccc3)[C@@H](OCc3ccccc3)[C@@H]3OC(=O)O[C@@H]23)[C@@H](OCc2ccccc2)[C@H](OCc2ccccc2)[C@H]1OCc1ccccc1. The van der Waals surface area contributed by atoms with E-state index in [9.17, 15) is 4.79 Å². The van der Waals surface area contributed by atoms with Gasteiger partial charge < -0.3 is 52.1 Å². The van der Waals surface area contributed by atoms with E-state index in [1.165, 1.54) is 0 Å². The quantitative estimate of drug-likeness (QED) is 0.0721. The van der Waals surface area contributed by atoms with Crippen LogP contribution in [0, 0.1) is 0 Å². The summed E-state index contributed by atoms with van der Waals surface area (Å²) in [4.78, 5) is 12.8. The molecule has 5 aromatic carbocycles. The monoisotopic (exact) mass is 832 g/mol. The molecule has 5 aromatic rings. The topological polar surface area (TPSA) is 119 Å². The Hall–Kier alpha value is -4.99. The molecule has 0 amide bonds. The molecule has 0 aromatic heterocycles. The molecule has 3 aliphatic heterocycles. The molecule has 61 heavy (non-hydrogen) atoms. The minimum atomic E-state index is -1.08. The first-order valence-corrected chi connectivity index (χ1v) is 20.7. The number of hydrogen-bond acceptors (Lipinski definition) is 12. The molecule has 3 saturated heterocycles. The highest BCUT2D eigenvalue weighted by atomic mass is 16.8. The molecule has 0 saturated carbocycles. The lowest BCUT2D eigenvalue weighted by atomic mass is 9.97. The number of fused-ring (bicyclic) bond motifs is 1. The van der Waals surface area contributed by atoms with E-state index < -0.39 is 67.6 Å². The molecular formula is C49H52O12. The molecule has 0 aliphatic carbocycles. The van der Waals surface area contributed by atoms with Gasteiger partial charge in [0.25, 0.3) is 0 Å². The smallest absolute Gasteiger partial charge is 0.424 e. The third-order valence-electron chi connectivity index (χ3n) is 10.8. The van der Waals surface area contributed by atoms with Crippen molar-refractivity contribution >= 4 is 6.16 Å². The molecule has 320 valence electrons. The van der Waals surface area contributed by atoms with Crippen LogP contribution in [0.3, 0.4) is 0 Å². The van der Waals surface area contributed by atoms with Gasteiger partial charge in [0.2, 0.25) is 0 Å². The zero-order valence-electron chi connectivity index (χ0n) is 34.1. The molecule has 12 nitrogen and oxygen atoms in total. The summed E-state index contributed by atoms with van der Waals surface area (Å²) in [5, 5.41) is 0. The molecule has 3 aliphatic rings. The van der Waals surface area contributed by atoms with Gasteiger partial charge in [0.1, 0.15) is 36.6 Å². The second-order valence-electron chi connectivity index (χ2n) is 15.1. The highest BCUT2D eigenvalue weighted by Crippen LogP contribution is 2.36. The van der Waals surface area contributed by atoms with Crippen LogP contribution in [-0.2, 0) is 85.1 Å². The number of hydrogen-bond donors (Lipinski definition) is 0. The Kier molecular flexibility index (Phi) is 15.2. The molecule has 3 heterocycles. The van der Waals surface area contributed by atoms with Gasteiger partial charge in [0.15, 0.2) is 24.8 Å². The maximum absolute atomic E-state index is 12.8. The molecular weight excluding hydrogens is 781 g/mol. The summed E-state index contributed by atoms with van der Waals surface area (Å²) in [6.07, 6.45) is -8.84. The highest BCUT2D eigenvalue weighted by molar-refractivity contribution is 5.63. The van der Waals surface area contributed by atoms with Crippen LogP contribution in [-0.4, -0.2) is 87.9 Å². The number of ether oxygens (including phenoxy) is 11. The van der Waals surface area contributed by atoms with E-state index in [1.54, 1.807) is 7.11 Å². The Morgan fingerprint density at radius 1 is 0.410 bits per heavy atom. The second-order valence-corrected chi connectivity index (χ2v) is 15.1. The Balaban J connectivity index is 1.04. The fourth-order valence-corrected chi connectivity index (χ4v) is 7.75. The maximum Gasteiger partial charge on any atom is 0.509 e. The van der Waals surface area contributed by atoms with Gasteiger partial charge in [-0.3, -0.25) is 0 Å². The standard InChI is InChI=1S/C49H52O12/c1-51-47-45(56-31-38-25-15-6-16-26-38)43(55-30-37-23-13-5-14-24-37)41(53-28-35-19-9-3-10-20-35)40(58-47)33-57-48-46-44(60-49(50)61-46)42(54-29-36-21-11-4-12-22-36)39(59-48)32-52-27-34-17-7-2-8-18-34/h2-26,39-48H,27-33H2,1H3/t39-,40-,41-,42-,43+,44+,45-,46-,47+,48-/m1/s1. The summed E-state index contributed by atoms with van der Waals surface area (Å²) in [6.45, 7) is 1.49. The lowest BCUT2D eigenvalue weighted by Crippen LogP contribution is -2.63. The Morgan fingerprint density at radius 3 is 1.30 bits per heavy atom. The minimum absolute atomic E-state index is 0.0610. The number of carbonyl (C=O) groups is 1. The number of benzene rings is 5. The van der Waals surface area contributed by atoms with Crippen molar-refractivity contribution in [3.8, 4) is 0 Å². The van der Waals surface area contributed by atoms with Crippen molar-refractivity contribution in [2.75, 3.05) is 20.3 Å². The lowest BCUT2D eigenvalue weighted by Gasteiger charge is -2.46. The average Bonchev–Trinajstić information content (AvgIpc) is 3.71. The van der Waals surface area contributed by atoms with Gasteiger partial charge in [0.05, 0.1) is 46.2 Å². The van der Waals surface area contributed by atoms with Crippen LogP contribution < -0.4 is 0 Å². The summed E-state index contributed by atoms with van der Waals surface area (Å²) in [5.41, 5.74) is 4.88. The first-order chi connectivity index (χ1) is 30.1. The molecule has 10 atom stereocenters. The van der Waals surface area contributed by atoms with Crippen LogP contribution in [0.15, 0.2) is 152 Å². The van der Waals surface area contributed by atoms with E-state index in [-0.39, 0.29) is 39.6 Å². The second kappa shape index (κ2) is 21.7. The van der Waals surface area contributed by atoms with Crippen LogP contribution in [0.1, 0.15) is 27.8 Å². The van der Waals surface area contributed by atoms with E-state index in [1.807, 2.05) is 152 Å². The predicted molar refractivity (Wildman–Crippen MR) is 222 cm³/mol. The fraction of sp³-hybridized carbons (Fsp3) is 0.367. The van der Waals surface area contributed by atoms with Crippen LogP contribution in [0.2, 0.25) is 0 Å². The zero-order chi connectivity index (χ0) is 41.6. The van der Waals surface area contributed by atoms with E-state index >= 15 is 0 Å². The average molecular weight is 833 g/mol. The fourth-order valence-electron chi connectivity index (χ4n) is 7.75. The summed E-state index contributed by atoms with van der Waals surface area (Å²) in [7, 11) is 1.57. The third-order valence-corrected chi connectivity index (χ3v) is 10.8. The predicted octanol–water partition coefficient (Wildman–Crippen LogP) is 7.56. The van der Waals surface area contributed by atoms with Gasteiger partial charge in [-0.1, -0.05) is 152 Å².